The molecule has 0 aromatic heterocycles. The molecule has 0 aliphatic rings. The van der Waals surface area contributed by atoms with E-state index < -0.39 is 10.1 Å². The Balaban J connectivity index is 0. The summed E-state index contributed by atoms with van der Waals surface area (Å²) < 4.78 is 31.0. The molecule has 0 heterocycles. The van der Waals surface area contributed by atoms with E-state index in [1.165, 1.54) is 17.8 Å². The first-order valence-electron chi connectivity index (χ1n) is 3.29. The van der Waals surface area contributed by atoms with Crippen LogP contribution in [0.2, 0.25) is 0 Å². The van der Waals surface area contributed by atoms with E-state index in [1.807, 2.05) is 0 Å². The Bertz CT molecular complexity index is 299. The van der Waals surface area contributed by atoms with Crippen LogP contribution in [0.25, 0.3) is 0 Å². The van der Waals surface area contributed by atoms with Crippen molar-refractivity contribution in [1.82, 2.24) is 4.90 Å². The van der Waals surface area contributed by atoms with Crippen LogP contribution in [0.3, 0.4) is 0 Å². The third-order valence-electron chi connectivity index (χ3n) is 0.931. The van der Waals surface area contributed by atoms with E-state index in [2.05, 4.69) is 0 Å². The number of hydrogen-bond acceptors (Lipinski definition) is 5. The molecule has 0 aromatic carbocycles. The van der Waals surface area contributed by atoms with Crippen molar-refractivity contribution in [3.05, 3.63) is 11.5 Å². The summed E-state index contributed by atoms with van der Waals surface area (Å²) in [6.07, 6.45) is 1.28. The minimum absolute atomic E-state index is 0. The Kier molecular flexibility index (Phi) is 11.1. The predicted octanol–water partition coefficient (Wildman–Crippen LogP) is -2.37. The van der Waals surface area contributed by atoms with E-state index in [0.717, 1.165) is 0 Å². The normalized spacial score (nSPS) is 11.1. The largest absolute Gasteiger partial charge is 1.00 e. The van der Waals surface area contributed by atoms with Gasteiger partial charge in [-0.25, -0.2) is 8.42 Å². The van der Waals surface area contributed by atoms with Crippen molar-refractivity contribution < 1.29 is 64.4 Å². The molecule has 0 aliphatic carbocycles. The maximum Gasteiger partial charge on any atom is 1.00 e. The monoisotopic (exact) mass is 279 g/mol. The maximum atomic E-state index is 10.1. The van der Waals surface area contributed by atoms with Gasteiger partial charge in [0.2, 0.25) is 0 Å². The Morgan fingerprint density at radius 1 is 1.57 bits per heavy atom. The SMILES string of the molecule is CN(C)C(=S)SC/C=C\S(=O)(=O)[O-].[K+]. The van der Waals surface area contributed by atoms with Crippen molar-refractivity contribution in [1.29, 1.82) is 0 Å². The summed E-state index contributed by atoms with van der Waals surface area (Å²) in [6, 6.07) is 0. The molecule has 4 nitrogen and oxygen atoms in total. The van der Waals surface area contributed by atoms with Crippen LogP contribution in [0, 0.1) is 0 Å². The molecule has 76 valence electrons. The number of thiocarbonyl (C=S) groups is 1. The first kappa shape index (κ1) is 17.9. The molecule has 8 heteroatoms. The van der Waals surface area contributed by atoms with Crippen LogP contribution < -0.4 is 51.4 Å². The number of nitrogens with zero attached hydrogens (tertiary/aromatic N) is 1. The molecule has 0 saturated carbocycles. The number of rotatable bonds is 3. The van der Waals surface area contributed by atoms with Crippen LogP contribution in [0.15, 0.2) is 11.5 Å². The van der Waals surface area contributed by atoms with Gasteiger partial charge in [-0.05, 0) is 0 Å². The first-order chi connectivity index (χ1) is 5.83. The van der Waals surface area contributed by atoms with Crippen LogP contribution in [0.4, 0.5) is 0 Å². The summed E-state index contributed by atoms with van der Waals surface area (Å²) in [6.45, 7) is 0. The zero-order valence-corrected chi connectivity index (χ0v) is 13.8. The van der Waals surface area contributed by atoms with Crippen molar-refractivity contribution >= 4 is 38.4 Å². The average Bonchev–Trinajstić information content (AvgIpc) is 1.95. The van der Waals surface area contributed by atoms with E-state index in [-0.39, 0.29) is 51.4 Å². The molecule has 0 saturated heterocycles. The van der Waals surface area contributed by atoms with Gasteiger partial charge >= 0.3 is 51.4 Å². The van der Waals surface area contributed by atoms with Crippen LogP contribution in [0.1, 0.15) is 0 Å². The van der Waals surface area contributed by atoms with Crippen LogP contribution >= 0.6 is 24.0 Å². The summed E-state index contributed by atoms with van der Waals surface area (Å²) in [7, 11) is -0.653. The molecule has 0 rings (SSSR count). The van der Waals surface area contributed by atoms with Gasteiger partial charge in [-0.3, -0.25) is 0 Å². The molecule has 0 aliphatic heterocycles. The first-order valence-corrected chi connectivity index (χ1v) is 6.16. The fourth-order valence-electron chi connectivity index (χ4n) is 0.406. The molecular weight excluding hydrogens is 269 g/mol. The van der Waals surface area contributed by atoms with E-state index >= 15 is 0 Å². The van der Waals surface area contributed by atoms with Gasteiger partial charge in [0.1, 0.15) is 14.4 Å². The van der Waals surface area contributed by atoms with Gasteiger partial charge in [-0.2, -0.15) is 0 Å². The standard InChI is InChI=1S/C6H11NO3S3.K/c1-7(2)6(11)12-4-3-5-13(8,9)10;/h3,5H,4H2,1-2H3,(H,8,9,10);/q;+1/p-1/b5-3-;. The summed E-state index contributed by atoms with van der Waals surface area (Å²) >= 11 is 6.20. The Morgan fingerprint density at radius 3 is 2.43 bits per heavy atom. The average molecular weight is 279 g/mol. The zero-order valence-electron chi connectivity index (χ0n) is 8.26. The molecule has 14 heavy (non-hydrogen) atoms. The van der Waals surface area contributed by atoms with Gasteiger partial charge in [0, 0.05) is 25.3 Å². The molecule has 0 unspecified atom stereocenters. The summed E-state index contributed by atoms with van der Waals surface area (Å²) in [4.78, 5) is 1.74. The molecular formula is C6H10KNO3S3. The van der Waals surface area contributed by atoms with Crippen molar-refractivity contribution in [2.24, 2.45) is 0 Å². The molecule has 0 fully saturated rings. The summed E-state index contributed by atoms with van der Waals surface area (Å²) in [5.74, 6) is 0.387. The minimum atomic E-state index is -4.24. The van der Waals surface area contributed by atoms with Crippen molar-refractivity contribution in [3.63, 3.8) is 0 Å². The topological polar surface area (TPSA) is 60.4 Å². The van der Waals surface area contributed by atoms with Gasteiger partial charge in [-0.1, -0.05) is 30.1 Å². The van der Waals surface area contributed by atoms with Crippen molar-refractivity contribution in [3.8, 4) is 0 Å². The van der Waals surface area contributed by atoms with Crippen LogP contribution in [-0.2, 0) is 10.1 Å². The van der Waals surface area contributed by atoms with Gasteiger partial charge in [0.15, 0.2) is 0 Å². The van der Waals surface area contributed by atoms with Crippen molar-refractivity contribution in [2.45, 2.75) is 0 Å². The molecule has 0 N–H and O–H groups in total. The Labute approximate surface area is 137 Å². The Hall–Kier alpha value is 1.53. The number of hydrogen-bond donors (Lipinski definition) is 0. The second-order valence-electron chi connectivity index (χ2n) is 2.34. The zero-order chi connectivity index (χ0) is 10.5. The second kappa shape index (κ2) is 8.65. The molecule has 0 bridgehead atoms. The molecule has 0 amide bonds. The van der Waals surface area contributed by atoms with Crippen LogP contribution in [0.5, 0.6) is 0 Å². The number of thioether (sulfide) groups is 1. The van der Waals surface area contributed by atoms with E-state index in [9.17, 15) is 13.0 Å². The van der Waals surface area contributed by atoms with Crippen LogP contribution in [-0.4, -0.2) is 42.0 Å². The van der Waals surface area contributed by atoms with Gasteiger partial charge in [-0.15, -0.1) is 0 Å². The summed E-state index contributed by atoms with van der Waals surface area (Å²) in [5, 5.41) is 0.637. The predicted molar refractivity (Wildman–Crippen MR) is 57.6 cm³/mol. The fourth-order valence-corrected chi connectivity index (χ4v) is 1.66. The van der Waals surface area contributed by atoms with Gasteiger partial charge in [0.25, 0.3) is 0 Å². The summed E-state index contributed by atoms with van der Waals surface area (Å²) in [5.41, 5.74) is 0. The van der Waals surface area contributed by atoms with Gasteiger partial charge in [0.05, 0.1) is 0 Å². The Morgan fingerprint density at radius 2 is 2.07 bits per heavy atom. The maximum absolute atomic E-state index is 10.1. The minimum Gasteiger partial charge on any atom is -0.744 e. The quantitative estimate of drug-likeness (QED) is 0.327. The third kappa shape index (κ3) is 11.6. The second-order valence-corrected chi connectivity index (χ2v) is 5.25. The smallest absolute Gasteiger partial charge is 0.744 e. The fraction of sp³-hybridized carbons (Fsp3) is 0.500. The van der Waals surface area contributed by atoms with Gasteiger partial charge < -0.3 is 9.45 Å². The third-order valence-corrected chi connectivity index (χ3v) is 3.15. The molecule has 0 aromatic rings. The van der Waals surface area contributed by atoms with E-state index in [1.54, 1.807) is 19.0 Å². The molecule has 0 atom stereocenters. The van der Waals surface area contributed by atoms with E-state index in [0.29, 0.717) is 15.5 Å². The molecule has 0 radical (unpaired) electrons. The van der Waals surface area contributed by atoms with Crippen molar-refractivity contribution in [2.75, 3.05) is 19.8 Å². The van der Waals surface area contributed by atoms with E-state index in [4.69, 9.17) is 12.2 Å². The molecule has 0 spiro atoms.